The highest BCUT2D eigenvalue weighted by Gasteiger charge is 2.31. The number of carboxylic acid groups (broad SMARTS) is 1. The Bertz CT molecular complexity index is 515. The highest BCUT2D eigenvalue weighted by atomic mass is 16.5. The number of aliphatic carboxylic acids is 1. The van der Waals surface area contributed by atoms with Crippen LogP contribution in [0.4, 0.5) is 0 Å². The molecule has 0 aliphatic rings. The van der Waals surface area contributed by atoms with Gasteiger partial charge in [-0.05, 0) is 44.9 Å². The van der Waals surface area contributed by atoms with Crippen LogP contribution in [0.25, 0.3) is 0 Å². The minimum absolute atomic E-state index is 0.0218. The fraction of sp³-hybridized carbons (Fsp3) is 0.588. The molecule has 0 spiro atoms. The third kappa shape index (κ3) is 4.84. The summed E-state index contributed by atoms with van der Waals surface area (Å²) in [7, 11) is 3.02. The Morgan fingerprint density at radius 2 is 1.91 bits per heavy atom. The number of rotatable bonds is 9. The van der Waals surface area contributed by atoms with Crippen molar-refractivity contribution in [3.8, 4) is 11.5 Å². The Labute approximate surface area is 137 Å². The maximum absolute atomic E-state index is 11.0. The number of benzene rings is 1. The minimum atomic E-state index is -0.883. The molecule has 0 fully saturated rings. The van der Waals surface area contributed by atoms with Crippen LogP contribution in [0.3, 0.4) is 0 Å². The first kappa shape index (κ1) is 19.3. The lowest BCUT2D eigenvalue weighted by Gasteiger charge is -2.33. The molecular formula is C17H26O6. The first-order valence-electron chi connectivity index (χ1n) is 7.53. The molecule has 130 valence electrons. The maximum Gasteiger partial charge on any atom is 0.303 e. The van der Waals surface area contributed by atoms with E-state index in [9.17, 15) is 9.90 Å². The summed E-state index contributed by atoms with van der Waals surface area (Å²) in [6.07, 6.45) is 0.201. The molecule has 0 aliphatic carbocycles. The van der Waals surface area contributed by atoms with E-state index in [1.807, 2.05) is 20.8 Å². The molecule has 0 aliphatic heterocycles. The summed E-state index contributed by atoms with van der Waals surface area (Å²) in [5.74, 6) is 0.0540. The van der Waals surface area contributed by atoms with Crippen molar-refractivity contribution in [2.75, 3.05) is 14.2 Å². The second-order valence-electron chi connectivity index (χ2n) is 5.82. The fourth-order valence-corrected chi connectivity index (χ4v) is 2.60. The van der Waals surface area contributed by atoms with E-state index in [2.05, 4.69) is 0 Å². The zero-order valence-corrected chi connectivity index (χ0v) is 14.4. The quantitative estimate of drug-likeness (QED) is 0.726. The zero-order chi connectivity index (χ0) is 17.6. The van der Waals surface area contributed by atoms with E-state index in [0.29, 0.717) is 23.5 Å². The van der Waals surface area contributed by atoms with Gasteiger partial charge in [-0.1, -0.05) is 0 Å². The van der Waals surface area contributed by atoms with Crippen LogP contribution in [0.15, 0.2) is 12.1 Å². The number of carbonyl (C=O) groups is 1. The van der Waals surface area contributed by atoms with Crippen molar-refractivity contribution in [3.05, 3.63) is 23.3 Å². The third-order valence-corrected chi connectivity index (χ3v) is 3.65. The van der Waals surface area contributed by atoms with Crippen LogP contribution in [0.1, 0.15) is 44.7 Å². The topological polar surface area (TPSA) is 85.2 Å². The van der Waals surface area contributed by atoms with Crippen LogP contribution in [0, 0.1) is 0 Å². The molecule has 1 aromatic carbocycles. The SMILES string of the molecule is COc1cc(C(C)(CCC(=O)O)OC(C)C)cc(CO)c1OC. The Kier molecular flexibility index (Phi) is 6.84. The molecule has 0 saturated carbocycles. The van der Waals surface area contributed by atoms with Gasteiger partial charge in [0.25, 0.3) is 0 Å². The molecule has 1 unspecified atom stereocenters. The van der Waals surface area contributed by atoms with E-state index in [4.69, 9.17) is 19.3 Å². The normalized spacial score (nSPS) is 13.7. The van der Waals surface area contributed by atoms with Gasteiger partial charge in [-0.3, -0.25) is 4.79 Å². The van der Waals surface area contributed by atoms with E-state index >= 15 is 0 Å². The van der Waals surface area contributed by atoms with E-state index < -0.39 is 11.6 Å². The summed E-state index contributed by atoms with van der Waals surface area (Å²) in [4.78, 5) is 11.0. The number of aliphatic hydroxyl groups excluding tert-OH is 1. The number of hydrogen-bond acceptors (Lipinski definition) is 5. The van der Waals surface area contributed by atoms with Gasteiger partial charge >= 0.3 is 5.97 Å². The molecule has 0 radical (unpaired) electrons. The molecular weight excluding hydrogens is 300 g/mol. The van der Waals surface area contributed by atoms with Crippen molar-refractivity contribution in [3.63, 3.8) is 0 Å². The third-order valence-electron chi connectivity index (χ3n) is 3.65. The van der Waals surface area contributed by atoms with E-state index in [-0.39, 0.29) is 19.1 Å². The van der Waals surface area contributed by atoms with Crippen molar-refractivity contribution in [2.24, 2.45) is 0 Å². The monoisotopic (exact) mass is 326 g/mol. The molecule has 1 aromatic rings. The summed E-state index contributed by atoms with van der Waals surface area (Å²) in [5.41, 5.74) is 0.501. The van der Waals surface area contributed by atoms with Crippen molar-refractivity contribution in [1.82, 2.24) is 0 Å². The van der Waals surface area contributed by atoms with Gasteiger partial charge in [0.15, 0.2) is 11.5 Å². The Morgan fingerprint density at radius 3 is 2.35 bits per heavy atom. The maximum atomic E-state index is 11.0. The van der Waals surface area contributed by atoms with E-state index in [1.54, 1.807) is 12.1 Å². The lowest BCUT2D eigenvalue weighted by atomic mass is 9.88. The van der Waals surface area contributed by atoms with Crippen molar-refractivity contribution in [2.45, 2.75) is 51.9 Å². The molecule has 0 heterocycles. The molecule has 6 heteroatoms. The van der Waals surface area contributed by atoms with Crippen LogP contribution in [0.5, 0.6) is 11.5 Å². The number of hydrogen-bond donors (Lipinski definition) is 2. The van der Waals surface area contributed by atoms with Gasteiger partial charge in [0.2, 0.25) is 0 Å². The number of aliphatic hydroxyl groups is 1. The summed E-state index contributed by atoms with van der Waals surface area (Å²) in [6, 6.07) is 3.54. The Morgan fingerprint density at radius 1 is 1.26 bits per heavy atom. The fourth-order valence-electron chi connectivity index (χ4n) is 2.60. The van der Waals surface area contributed by atoms with Gasteiger partial charge in [-0.25, -0.2) is 0 Å². The van der Waals surface area contributed by atoms with Crippen LogP contribution in [-0.2, 0) is 21.7 Å². The number of methoxy groups -OCH3 is 2. The highest BCUT2D eigenvalue weighted by Crippen LogP contribution is 2.40. The standard InChI is InChI=1S/C17H26O6/c1-11(2)23-17(3,7-6-15(19)20)13-8-12(10-18)16(22-5)14(9-13)21-4/h8-9,11,18H,6-7,10H2,1-5H3,(H,19,20). The van der Waals surface area contributed by atoms with Gasteiger partial charge in [0.1, 0.15) is 0 Å². The molecule has 0 saturated heterocycles. The summed E-state index contributed by atoms with van der Waals surface area (Å²) < 4.78 is 16.6. The molecule has 1 atom stereocenters. The summed E-state index contributed by atoms with van der Waals surface area (Å²) in [6.45, 7) is 5.42. The molecule has 2 N–H and O–H groups in total. The van der Waals surface area contributed by atoms with Gasteiger partial charge in [0, 0.05) is 12.0 Å². The Balaban J connectivity index is 3.37. The van der Waals surface area contributed by atoms with Crippen LogP contribution in [-0.4, -0.2) is 36.5 Å². The van der Waals surface area contributed by atoms with Crippen molar-refractivity contribution < 1.29 is 29.2 Å². The largest absolute Gasteiger partial charge is 0.493 e. The predicted octanol–water partition coefficient (Wildman–Crippen LogP) is 2.70. The molecule has 23 heavy (non-hydrogen) atoms. The first-order valence-corrected chi connectivity index (χ1v) is 7.53. The second kappa shape index (κ2) is 8.17. The van der Waals surface area contributed by atoms with Gasteiger partial charge in [0.05, 0.1) is 32.5 Å². The van der Waals surface area contributed by atoms with Crippen LogP contribution >= 0.6 is 0 Å². The molecule has 0 amide bonds. The average Bonchev–Trinajstić information content (AvgIpc) is 2.50. The van der Waals surface area contributed by atoms with Gasteiger partial charge < -0.3 is 24.4 Å². The first-order chi connectivity index (χ1) is 10.8. The molecule has 1 rings (SSSR count). The average molecular weight is 326 g/mol. The van der Waals surface area contributed by atoms with E-state index in [1.165, 1.54) is 14.2 Å². The molecule has 0 aromatic heterocycles. The van der Waals surface area contributed by atoms with Crippen LogP contribution in [0.2, 0.25) is 0 Å². The Hall–Kier alpha value is -1.79. The highest BCUT2D eigenvalue weighted by molar-refractivity contribution is 5.66. The minimum Gasteiger partial charge on any atom is -0.493 e. The lowest BCUT2D eigenvalue weighted by Crippen LogP contribution is -2.30. The molecule has 6 nitrogen and oxygen atoms in total. The van der Waals surface area contributed by atoms with Gasteiger partial charge in [-0.2, -0.15) is 0 Å². The lowest BCUT2D eigenvalue weighted by molar-refractivity contribution is -0.140. The summed E-state index contributed by atoms with van der Waals surface area (Å²) >= 11 is 0. The number of ether oxygens (including phenoxy) is 3. The van der Waals surface area contributed by atoms with Crippen molar-refractivity contribution in [1.29, 1.82) is 0 Å². The number of carboxylic acids is 1. The molecule has 0 bridgehead atoms. The van der Waals surface area contributed by atoms with Crippen molar-refractivity contribution >= 4 is 5.97 Å². The second-order valence-corrected chi connectivity index (χ2v) is 5.82. The van der Waals surface area contributed by atoms with E-state index in [0.717, 1.165) is 5.56 Å². The van der Waals surface area contributed by atoms with Gasteiger partial charge in [-0.15, -0.1) is 0 Å². The zero-order valence-electron chi connectivity index (χ0n) is 14.4. The van der Waals surface area contributed by atoms with Crippen LogP contribution < -0.4 is 9.47 Å². The summed E-state index contributed by atoms with van der Waals surface area (Å²) in [5, 5.41) is 18.6. The predicted molar refractivity (Wildman–Crippen MR) is 85.9 cm³/mol. The smallest absolute Gasteiger partial charge is 0.303 e.